The van der Waals surface area contributed by atoms with Crippen LogP contribution in [0.15, 0.2) is 48.5 Å². The van der Waals surface area contributed by atoms with Crippen LogP contribution in [0.25, 0.3) is 11.0 Å². The lowest BCUT2D eigenvalue weighted by atomic mass is 10.2. The van der Waals surface area contributed by atoms with Crippen molar-refractivity contribution in [1.29, 1.82) is 0 Å². The lowest BCUT2D eigenvalue weighted by Crippen LogP contribution is -2.30. The van der Waals surface area contributed by atoms with Crippen molar-refractivity contribution < 1.29 is 14.4 Å². The van der Waals surface area contributed by atoms with Gasteiger partial charge in [-0.3, -0.25) is 14.5 Å². The topological polar surface area (TPSA) is 96.3 Å². The lowest BCUT2D eigenvalue weighted by molar-refractivity contribution is -0.125. The van der Waals surface area contributed by atoms with Crippen LogP contribution in [0, 0.1) is 0 Å². The SMILES string of the molecule is CSCc1nc2ccccc2n1CC(=O)Nc1cccc(CN2C(=O)CNC2=O)c1. The maximum Gasteiger partial charge on any atom is 0.324 e. The van der Waals surface area contributed by atoms with E-state index in [1.807, 2.05) is 41.2 Å². The van der Waals surface area contributed by atoms with Crippen molar-refractivity contribution in [3.05, 3.63) is 59.9 Å². The average molecular weight is 423 g/mol. The Balaban J connectivity index is 1.48. The fourth-order valence-corrected chi connectivity index (χ4v) is 3.91. The van der Waals surface area contributed by atoms with Crippen molar-refractivity contribution >= 4 is 46.3 Å². The monoisotopic (exact) mass is 423 g/mol. The highest BCUT2D eigenvalue weighted by Gasteiger charge is 2.28. The van der Waals surface area contributed by atoms with Crippen LogP contribution in [0.3, 0.4) is 0 Å². The summed E-state index contributed by atoms with van der Waals surface area (Å²) in [7, 11) is 0. The number of benzene rings is 2. The molecule has 2 heterocycles. The van der Waals surface area contributed by atoms with Gasteiger partial charge in [-0.15, -0.1) is 0 Å². The number of aromatic nitrogens is 2. The zero-order valence-corrected chi connectivity index (χ0v) is 17.2. The van der Waals surface area contributed by atoms with Crippen molar-refractivity contribution in [1.82, 2.24) is 19.8 Å². The number of carbonyl (C=O) groups is 3. The van der Waals surface area contributed by atoms with Gasteiger partial charge in [-0.05, 0) is 36.1 Å². The number of rotatable bonds is 7. The first-order valence-corrected chi connectivity index (χ1v) is 10.8. The van der Waals surface area contributed by atoms with E-state index in [9.17, 15) is 14.4 Å². The van der Waals surface area contributed by atoms with Gasteiger partial charge >= 0.3 is 6.03 Å². The molecule has 0 aliphatic carbocycles. The summed E-state index contributed by atoms with van der Waals surface area (Å²) in [6.07, 6.45) is 2.00. The first kappa shape index (κ1) is 20.0. The smallest absolute Gasteiger partial charge is 0.324 e. The molecule has 4 rings (SSSR count). The molecule has 1 aliphatic heterocycles. The van der Waals surface area contributed by atoms with Crippen LogP contribution < -0.4 is 10.6 Å². The number of thioether (sulfide) groups is 1. The van der Waals surface area contributed by atoms with E-state index in [2.05, 4.69) is 15.6 Å². The van der Waals surface area contributed by atoms with Crippen molar-refractivity contribution in [2.24, 2.45) is 0 Å². The quantitative estimate of drug-likeness (QED) is 0.570. The van der Waals surface area contributed by atoms with Crippen LogP contribution in [0.4, 0.5) is 10.5 Å². The standard InChI is InChI=1S/C21H21N5O3S/c1-30-13-18-24-16-7-2-3-8-17(16)25(18)12-19(27)23-15-6-4-5-14(9-15)11-26-20(28)10-22-21(26)29/h2-9H,10-13H2,1H3,(H,22,29)(H,23,27). The number of fused-ring (bicyclic) bond motifs is 1. The molecular weight excluding hydrogens is 402 g/mol. The molecule has 0 atom stereocenters. The van der Waals surface area contributed by atoms with Gasteiger partial charge in [0.05, 0.1) is 29.9 Å². The Labute approximate surface area is 177 Å². The first-order valence-electron chi connectivity index (χ1n) is 9.45. The maximum atomic E-state index is 12.7. The number of hydrogen-bond donors (Lipinski definition) is 2. The zero-order valence-electron chi connectivity index (χ0n) is 16.4. The molecule has 1 aliphatic rings. The Morgan fingerprint density at radius 1 is 1.20 bits per heavy atom. The molecule has 30 heavy (non-hydrogen) atoms. The predicted octanol–water partition coefficient (Wildman–Crippen LogP) is 2.59. The number of imidazole rings is 1. The summed E-state index contributed by atoms with van der Waals surface area (Å²) in [4.78, 5) is 42.1. The van der Waals surface area contributed by atoms with E-state index >= 15 is 0 Å². The third kappa shape index (κ3) is 4.16. The number of urea groups is 1. The van der Waals surface area contributed by atoms with Gasteiger partial charge in [0, 0.05) is 5.69 Å². The van der Waals surface area contributed by atoms with Gasteiger partial charge in [0.2, 0.25) is 11.8 Å². The average Bonchev–Trinajstić information content (AvgIpc) is 3.23. The highest BCUT2D eigenvalue weighted by Crippen LogP contribution is 2.20. The summed E-state index contributed by atoms with van der Waals surface area (Å²) < 4.78 is 1.93. The molecule has 1 aromatic heterocycles. The molecule has 1 fully saturated rings. The molecule has 0 saturated carbocycles. The summed E-state index contributed by atoms with van der Waals surface area (Å²) >= 11 is 1.65. The number of nitrogens with zero attached hydrogens (tertiary/aromatic N) is 3. The Kier molecular flexibility index (Phi) is 5.71. The number of hydrogen-bond acceptors (Lipinski definition) is 5. The van der Waals surface area contributed by atoms with Gasteiger partial charge in [-0.1, -0.05) is 24.3 Å². The van der Waals surface area contributed by atoms with Gasteiger partial charge < -0.3 is 15.2 Å². The van der Waals surface area contributed by atoms with Crippen LogP contribution in [-0.2, 0) is 28.4 Å². The van der Waals surface area contributed by atoms with Crippen molar-refractivity contribution in [2.75, 3.05) is 18.1 Å². The number of para-hydroxylation sites is 2. The molecule has 8 nitrogen and oxygen atoms in total. The molecule has 154 valence electrons. The molecule has 0 spiro atoms. The molecule has 2 N–H and O–H groups in total. The van der Waals surface area contributed by atoms with E-state index < -0.39 is 6.03 Å². The van der Waals surface area contributed by atoms with E-state index in [-0.39, 0.29) is 31.4 Å². The fraction of sp³-hybridized carbons (Fsp3) is 0.238. The molecule has 0 radical (unpaired) electrons. The first-order chi connectivity index (χ1) is 14.5. The second kappa shape index (κ2) is 8.58. The minimum absolute atomic E-state index is 0.0203. The summed E-state index contributed by atoms with van der Waals surface area (Å²) in [6.45, 7) is 0.332. The van der Waals surface area contributed by atoms with Crippen molar-refractivity contribution in [3.63, 3.8) is 0 Å². The third-order valence-electron chi connectivity index (χ3n) is 4.80. The van der Waals surface area contributed by atoms with E-state index in [0.717, 1.165) is 27.3 Å². The fourth-order valence-electron chi connectivity index (χ4n) is 3.43. The second-order valence-electron chi connectivity index (χ2n) is 6.92. The Morgan fingerprint density at radius 3 is 2.80 bits per heavy atom. The van der Waals surface area contributed by atoms with Crippen LogP contribution in [0.5, 0.6) is 0 Å². The molecule has 9 heteroatoms. The molecule has 2 aromatic carbocycles. The number of carbonyl (C=O) groups excluding carboxylic acids is 3. The normalized spacial score (nSPS) is 13.7. The molecule has 3 aromatic rings. The largest absolute Gasteiger partial charge is 0.329 e. The van der Waals surface area contributed by atoms with Crippen LogP contribution in [0.2, 0.25) is 0 Å². The van der Waals surface area contributed by atoms with Crippen LogP contribution >= 0.6 is 11.8 Å². The maximum absolute atomic E-state index is 12.7. The van der Waals surface area contributed by atoms with E-state index in [0.29, 0.717) is 11.4 Å². The van der Waals surface area contributed by atoms with Gasteiger partial charge in [0.15, 0.2) is 0 Å². The van der Waals surface area contributed by atoms with E-state index in [4.69, 9.17) is 0 Å². The highest BCUT2D eigenvalue weighted by atomic mass is 32.2. The number of anilines is 1. The van der Waals surface area contributed by atoms with Crippen LogP contribution in [-0.4, -0.2) is 45.1 Å². The third-order valence-corrected chi connectivity index (χ3v) is 5.34. The van der Waals surface area contributed by atoms with E-state index in [1.165, 1.54) is 0 Å². The number of nitrogens with one attached hydrogen (secondary N) is 2. The van der Waals surface area contributed by atoms with Gasteiger partial charge in [-0.2, -0.15) is 11.8 Å². The lowest BCUT2D eigenvalue weighted by Gasteiger charge is -2.14. The Morgan fingerprint density at radius 2 is 2.03 bits per heavy atom. The van der Waals surface area contributed by atoms with Gasteiger partial charge in [-0.25, -0.2) is 9.78 Å². The minimum Gasteiger partial charge on any atom is -0.329 e. The van der Waals surface area contributed by atoms with Crippen molar-refractivity contribution in [3.8, 4) is 0 Å². The van der Waals surface area contributed by atoms with Crippen molar-refractivity contribution in [2.45, 2.75) is 18.8 Å². The molecule has 0 bridgehead atoms. The Hall–Kier alpha value is -3.33. The minimum atomic E-state index is -0.400. The Bertz CT molecular complexity index is 1110. The molecule has 4 amide bonds. The zero-order chi connectivity index (χ0) is 21.1. The highest BCUT2D eigenvalue weighted by molar-refractivity contribution is 7.97. The molecular formula is C21H21N5O3S. The summed E-state index contributed by atoms with van der Waals surface area (Å²) in [5.41, 5.74) is 3.16. The number of amides is 4. The second-order valence-corrected chi connectivity index (χ2v) is 7.79. The molecule has 0 unspecified atom stereocenters. The molecule has 1 saturated heterocycles. The van der Waals surface area contributed by atoms with Gasteiger partial charge in [0.1, 0.15) is 12.4 Å². The summed E-state index contributed by atoms with van der Waals surface area (Å²) in [5, 5.41) is 5.40. The predicted molar refractivity (Wildman–Crippen MR) is 116 cm³/mol. The number of imide groups is 1. The summed E-state index contributed by atoms with van der Waals surface area (Å²) in [5.74, 6) is 1.13. The van der Waals surface area contributed by atoms with Gasteiger partial charge in [0.25, 0.3) is 0 Å². The van der Waals surface area contributed by atoms with Crippen LogP contribution in [0.1, 0.15) is 11.4 Å². The van der Waals surface area contributed by atoms with E-state index in [1.54, 1.807) is 30.0 Å². The summed E-state index contributed by atoms with van der Waals surface area (Å²) in [6, 6.07) is 14.5.